The Balaban J connectivity index is 1.89. The van der Waals surface area contributed by atoms with Crippen molar-refractivity contribution >= 4 is 5.84 Å². The number of aliphatic imine (C=N–C) groups is 1. The Morgan fingerprint density at radius 1 is 1.07 bits per heavy atom. The van der Waals surface area contributed by atoms with Crippen molar-refractivity contribution in [3.8, 4) is 0 Å². The van der Waals surface area contributed by atoms with Gasteiger partial charge in [-0.25, -0.2) is 0 Å². The molecule has 0 aliphatic heterocycles. The van der Waals surface area contributed by atoms with E-state index in [1.807, 2.05) is 0 Å². The van der Waals surface area contributed by atoms with E-state index >= 15 is 0 Å². The molecule has 2 aliphatic rings. The predicted octanol–water partition coefficient (Wildman–Crippen LogP) is 3.11. The third-order valence-electron chi connectivity index (χ3n) is 4.21. The molecule has 2 fully saturated rings. The fourth-order valence-electron chi connectivity index (χ4n) is 3.11. The SMILES string of the molecule is CC(N=C(N)C1CCCC1)C1CCCC1. The summed E-state index contributed by atoms with van der Waals surface area (Å²) in [5.74, 6) is 2.37. The molecule has 0 heterocycles. The first kappa shape index (κ1) is 11.0. The van der Waals surface area contributed by atoms with Crippen LogP contribution in [0, 0.1) is 11.8 Å². The highest BCUT2D eigenvalue weighted by atomic mass is 14.9. The third-order valence-corrected chi connectivity index (χ3v) is 4.21. The lowest BCUT2D eigenvalue weighted by Gasteiger charge is -2.17. The minimum absolute atomic E-state index is 0.466. The van der Waals surface area contributed by atoms with Crippen molar-refractivity contribution in [3.63, 3.8) is 0 Å². The van der Waals surface area contributed by atoms with Gasteiger partial charge in [0.15, 0.2) is 0 Å². The first-order valence-electron chi connectivity index (χ1n) is 6.60. The number of nitrogens with two attached hydrogens (primary N) is 1. The molecule has 15 heavy (non-hydrogen) atoms. The lowest BCUT2D eigenvalue weighted by atomic mass is 9.99. The van der Waals surface area contributed by atoms with E-state index in [1.54, 1.807) is 0 Å². The van der Waals surface area contributed by atoms with Gasteiger partial charge in [-0.1, -0.05) is 25.7 Å². The number of hydrogen-bond acceptors (Lipinski definition) is 1. The molecule has 0 aromatic carbocycles. The summed E-state index contributed by atoms with van der Waals surface area (Å²) in [6.07, 6.45) is 10.8. The van der Waals surface area contributed by atoms with Crippen molar-refractivity contribution < 1.29 is 0 Å². The zero-order chi connectivity index (χ0) is 10.7. The molecule has 2 aliphatic carbocycles. The van der Waals surface area contributed by atoms with E-state index in [2.05, 4.69) is 6.92 Å². The van der Waals surface area contributed by atoms with E-state index in [1.165, 1.54) is 51.4 Å². The molecular formula is C13H24N2. The Hall–Kier alpha value is -0.530. The van der Waals surface area contributed by atoms with Gasteiger partial charge in [0.05, 0.1) is 11.9 Å². The second-order valence-corrected chi connectivity index (χ2v) is 5.32. The van der Waals surface area contributed by atoms with Crippen molar-refractivity contribution in [3.05, 3.63) is 0 Å². The van der Waals surface area contributed by atoms with Gasteiger partial charge < -0.3 is 5.73 Å². The summed E-state index contributed by atoms with van der Waals surface area (Å²) in [5.41, 5.74) is 6.10. The molecule has 0 radical (unpaired) electrons. The van der Waals surface area contributed by atoms with Crippen molar-refractivity contribution in [2.75, 3.05) is 0 Å². The number of hydrogen-bond donors (Lipinski definition) is 1. The molecule has 0 aromatic rings. The first-order chi connectivity index (χ1) is 7.27. The predicted molar refractivity (Wildman–Crippen MR) is 65.0 cm³/mol. The van der Waals surface area contributed by atoms with Gasteiger partial charge >= 0.3 is 0 Å². The van der Waals surface area contributed by atoms with Crippen LogP contribution in [0.25, 0.3) is 0 Å². The molecule has 1 atom stereocenters. The highest BCUT2D eigenvalue weighted by Gasteiger charge is 2.23. The molecule has 0 aromatic heterocycles. The Bertz CT molecular complexity index is 223. The van der Waals surface area contributed by atoms with Crippen LogP contribution in [0.4, 0.5) is 0 Å². The monoisotopic (exact) mass is 208 g/mol. The maximum absolute atomic E-state index is 6.10. The fourth-order valence-corrected chi connectivity index (χ4v) is 3.11. The van der Waals surface area contributed by atoms with Crippen molar-refractivity contribution in [2.24, 2.45) is 22.6 Å². The van der Waals surface area contributed by atoms with Crippen LogP contribution in [0.2, 0.25) is 0 Å². The average Bonchev–Trinajstić information content (AvgIpc) is 2.91. The maximum Gasteiger partial charge on any atom is 0.0971 e. The molecule has 0 saturated heterocycles. The summed E-state index contributed by atoms with van der Waals surface area (Å²) in [7, 11) is 0. The molecule has 0 spiro atoms. The molecule has 2 heteroatoms. The van der Waals surface area contributed by atoms with Crippen LogP contribution < -0.4 is 5.73 Å². The highest BCUT2D eigenvalue weighted by Crippen LogP contribution is 2.30. The van der Waals surface area contributed by atoms with Crippen LogP contribution in [-0.4, -0.2) is 11.9 Å². The summed E-state index contributed by atoms with van der Waals surface area (Å²) < 4.78 is 0. The van der Waals surface area contributed by atoms with Gasteiger partial charge in [-0.2, -0.15) is 0 Å². The van der Waals surface area contributed by atoms with Crippen LogP contribution in [0.3, 0.4) is 0 Å². The van der Waals surface area contributed by atoms with E-state index < -0.39 is 0 Å². The normalized spacial score (nSPS) is 27.4. The highest BCUT2D eigenvalue weighted by molar-refractivity contribution is 5.83. The Labute approximate surface area is 93.3 Å². The molecule has 2 saturated carbocycles. The standard InChI is InChI=1S/C13H24N2/c1-10(11-6-2-3-7-11)15-13(14)12-8-4-5-9-12/h10-12H,2-9H2,1H3,(H2,14,15). The Morgan fingerprint density at radius 2 is 1.60 bits per heavy atom. The van der Waals surface area contributed by atoms with Gasteiger partial charge in [-0.3, -0.25) is 4.99 Å². The molecule has 0 amide bonds. The molecule has 2 N–H and O–H groups in total. The smallest absolute Gasteiger partial charge is 0.0971 e. The number of nitrogens with zero attached hydrogens (tertiary/aromatic N) is 1. The van der Waals surface area contributed by atoms with E-state index in [0.29, 0.717) is 12.0 Å². The van der Waals surface area contributed by atoms with E-state index in [-0.39, 0.29) is 0 Å². The average molecular weight is 208 g/mol. The van der Waals surface area contributed by atoms with Gasteiger partial charge in [0, 0.05) is 5.92 Å². The maximum atomic E-state index is 6.10. The van der Waals surface area contributed by atoms with Crippen LogP contribution in [0.15, 0.2) is 4.99 Å². The zero-order valence-electron chi connectivity index (χ0n) is 9.91. The van der Waals surface area contributed by atoms with Gasteiger partial charge in [0.1, 0.15) is 0 Å². The largest absolute Gasteiger partial charge is 0.387 e. The van der Waals surface area contributed by atoms with Crippen LogP contribution >= 0.6 is 0 Å². The summed E-state index contributed by atoms with van der Waals surface area (Å²) in [6.45, 7) is 2.25. The summed E-state index contributed by atoms with van der Waals surface area (Å²) >= 11 is 0. The molecule has 86 valence electrons. The van der Waals surface area contributed by atoms with Gasteiger partial charge in [-0.05, 0) is 38.5 Å². The van der Waals surface area contributed by atoms with Crippen LogP contribution in [0.5, 0.6) is 0 Å². The van der Waals surface area contributed by atoms with Crippen molar-refractivity contribution in [2.45, 2.75) is 64.3 Å². The zero-order valence-corrected chi connectivity index (χ0v) is 9.91. The van der Waals surface area contributed by atoms with E-state index in [4.69, 9.17) is 10.7 Å². The van der Waals surface area contributed by atoms with Gasteiger partial charge in [0.25, 0.3) is 0 Å². The Kier molecular flexibility index (Phi) is 3.66. The lowest BCUT2D eigenvalue weighted by Crippen LogP contribution is -2.25. The van der Waals surface area contributed by atoms with Gasteiger partial charge in [0.2, 0.25) is 0 Å². The molecular weight excluding hydrogens is 184 g/mol. The summed E-state index contributed by atoms with van der Waals surface area (Å²) in [6, 6.07) is 0.466. The fraction of sp³-hybridized carbons (Fsp3) is 0.923. The van der Waals surface area contributed by atoms with E-state index in [0.717, 1.165) is 11.8 Å². The molecule has 0 bridgehead atoms. The number of amidine groups is 1. The molecule has 1 unspecified atom stereocenters. The summed E-state index contributed by atoms with van der Waals surface area (Å²) in [4.78, 5) is 4.74. The second-order valence-electron chi connectivity index (χ2n) is 5.32. The topological polar surface area (TPSA) is 38.4 Å². The third kappa shape index (κ3) is 2.73. The van der Waals surface area contributed by atoms with Crippen LogP contribution in [-0.2, 0) is 0 Å². The first-order valence-corrected chi connectivity index (χ1v) is 6.60. The van der Waals surface area contributed by atoms with Crippen molar-refractivity contribution in [1.29, 1.82) is 0 Å². The van der Waals surface area contributed by atoms with Gasteiger partial charge in [-0.15, -0.1) is 0 Å². The minimum Gasteiger partial charge on any atom is -0.387 e. The minimum atomic E-state index is 0.466. The van der Waals surface area contributed by atoms with Crippen LogP contribution in [0.1, 0.15) is 58.3 Å². The van der Waals surface area contributed by atoms with Crippen molar-refractivity contribution in [1.82, 2.24) is 0 Å². The Morgan fingerprint density at radius 3 is 2.20 bits per heavy atom. The molecule has 2 nitrogen and oxygen atoms in total. The quantitative estimate of drug-likeness (QED) is 0.561. The lowest BCUT2D eigenvalue weighted by molar-refractivity contribution is 0.457. The molecule has 2 rings (SSSR count). The summed E-state index contributed by atoms with van der Waals surface area (Å²) in [5, 5.41) is 0. The second kappa shape index (κ2) is 5.00. The van der Waals surface area contributed by atoms with E-state index in [9.17, 15) is 0 Å². The number of rotatable bonds is 3.